The summed E-state index contributed by atoms with van der Waals surface area (Å²) in [7, 11) is 1.68. The van der Waals surface area contributed by atoms with Gasteiger partial charge in [0.15, 0.2) is 5.82 Å². The molecule has 2 amide bonds. The monoisotopic (exact) mass is 603 g/mol. The minimum Gasteiger partial charge on any atom is -0.350 e. The number of aliphatic imine (C=N–C) groups is 1. The SMILES string of the molecule is C=CC(=O)N1CCN(C(=NC)c2cc(Cl)c(C3=CCCC=C3F)nc2N(C=O)c2c(C3CC3)ncnc2C2CC2)C(C)C1. The van der Waals surface area contributed by atoms with Gasteiger partial charge in [0, 0.05) is 50.1 Å². The molecule has 3 heterocycles. The number of halogens is 2. The van der Waals surface area contributed by atoms with Gasteiger partial charge in [0.25, 0.3) is 0 Å². The number of hydrogen-bond acceptors (Lipinski definition) is 6. The Hall–Kier alpha value is -3.92. The average Bonchev–Trinajstić information content (AvgIpc) is 3.93. The Bertz CT molecular complexity index is 1530. The van der Waals surface area contributed by atoms with Gasteiger partial charge in [0.05, 0.1) is 33.4 Å². The third-order valence-corrected chi connectivity index (χ3v) is 8.82. The van der Waals surface area contributed by atoms with Crippen LogP contribution in [-0.4, -0.2) is 75.6 Å². The summed E-state index contributed by atoms with van der Waals surface area (Å²) >= 11 is 6.87. The molecule has 1 atom stereocenters. The van der Waals surface area contributed by atoms with Crippen molar-refractivity contribution in [1.29, 1.82) is 0 Å². The van der Waals surface area contributed by atoms with Crippen LogP contribution < -0.4 is 4.90 Å². The number of amides is 2. The molecule has 2 aromatic heterocycles. The van der Waals surface area contributed by atoms with Crippen molar-refractivity contribution in [2.45, 2.75) is 63.3 Å². The Morgan fingerprint density at radius 3 is 2.37 bits per heavy atom. The third-order valence-electron chi connectivity index (χ3n) is 8.53. The van der Waals surface area contributed by atoms with Gasteiger partial charge < -0.3 is 9.80 Å². The van der Waals surface area contributed by atoms with Crippen molar-refractivity contribution >= 4 is 46.8 Å². The van der Waals surface area contributed by atoms with Crippen molar-refractivity contribution in [2.24, 2.45) is 4.99 Å². The van der Waals surface area contributed by atoms with Crippen LogP contribution in [0, 0.1) is 0 Å². The van der Waals surface area contributed by atoms with E-state index in [0.717, 1.165) is 43.5 Å². The number of nitrogens with zero attached hydrogens (tertiary/aromatic N) is 7. The highest BCUT2D eigenvalue weighted by molar-refractivity contribution is 6.33. The molecule has 1 aliphatic heterocycles. The zero-order valence-electron chi connectivity index (χ0n) is 24.5. The first-order chi connectivity index (χ1) is 20.9. The van der Waals surface area contributed by atoms with E-state index in [1.54, 1.807) is 30.4 Å². The van der Waals surface area contributed by atoms with Crippen LogP contribution in [0.3, 0.4) is 0 Å². The zero-order valence-corrected chi connectivity index (χ0v) is 25.2. The second-order valence-corrected chi connectivity index (χ2v) is 11.9. The molecule has 0 radical (unpaired) electrons. The molecule has 0 aromatic carbocycles. The number of anilines is 2. The minimum absolute atomic E-state index is 0.0992. The summed E-state index contributed by atoms with van der Waals surface area (Å²) in [5.41, 5.74) is 3.43. The molecule has 0 spiro atoms. The van der Waals surface area contributed by atoms with Crippen LogP contribution in [0.2, 0.25) is 5.02 Å². The van der Waals surface area contributed by atoms with E-state index in [9.17, 15) is 9.59 Å². The van der Waals surface area contributed by atoms with Gasteiger partial charge in [-0.15, -0.1) is 0 Å². The zero-order chi connectivity index (χ0) is 30.2. The van der Waals surface area contributed by atoms with Crippen LogP contribution in [0.25, 0.3) is 5.57 Å². The van der Waals surface area contributed by atoms with E-state index >= 15 is 4.39 Å². The maximum atomic E-state index is 15.1. The van der Waals surface area contributed by atoms with E-state index in [4.69, 9.17) is 16.6 Å². The van der Waals surface area contributed by atoms with Crippen molar-refractivity contribution in [2.75, 3.05) is 31.6 Å². The average molecular weight is 604 g/mol. The maximum absolute atomic E-state index is 15.1. The van der Waals surface area contributed by atoms with Gasteiger partial charge in [0.2, 0.25) is 12.3 Å². The lowest BCUT2D eigenvalue weighted by Crippen LogP contribution is -2.55. The van der Waals surface area contributed by atoms with E-state index in [-0.39, 0.29) is 34.5 Å². The van der Waals surface area contributed by atoms with E-state index in [2.05, 4.69) is 26.4 Å². The first kappa shape index (κ1) is 29.2. The molecule has 9 nitrogen and oxygen atoms in total. The van der Waals surface area contributed by atoms with Crippen LogP contribution in [-0.2, 0) is 9.59 Å². The second kappa shape index (κ2) is 12.0. The molecule has 2 aromatic rings. The molecule has 3 fully saturated rings. The van der Waals surface area contributed by atoms with Crippen molar-refractivity contribution in [1.82, 2.24) is 24.8 Å². The molecule has 43 heavy (non-hydrogen) atoms. The highest BCUT2D eigenvalue weighted by atomic mass is 35.5. The molecule has 1 unspecified atom stereocenters. The molecule has 6 rings (SSSR count). The Balaban J connectivity index is 1.52. The maximum Gasteiger partial charge on any atom is 0.246 e. The van der Waals surface area contributed by atoms with E-state index < -0.39 is 5.83 Å². The lowest BCUT2D eigenvalue weighted by atomic mass is 10.0. The molecule has 2 saturated carbocycles. The molecule has 3 aliphatic carbocycles. The number of piperazine rings is 1. The van der Waals surface area contributed by atoms with Gasteiger partial charge in [-0.25, -0.2) is 19.3 Å². The van der Waals surface area contributed by atoms with Crippen LogP contribution in [0.5, 0.6) is 0 Å². The third kappa shape index (κ3) is 5.60. The fourth-order valence-electron chi connectivity index (χ4n) is 6.05. The van der Waals surface area contributed by atoms with Crippen molar-refractivity contribution in [3.8, 4) is 0 Å². The van der Waals surface area contributed by atoms with Crippen LogP contribution in [0.1, 0.15) is 79.9 Å². The summed E-state index contributed by atoms with van der Waals surface area (Å²) in [6.45, 7) is 7.10. The molecule has 0 N–H and O–H groups in total. The normalized spacial score (nSPS) is 20.8. The van der Waals surface area contributed by atoms with E-state index in [1.165, 1.54) is 17.1 Å². The first-order valence-corrected chi connectivity index (χ1v) is 15.3. The van der Waals surface area contributed by atoms with Crippen LogP contribution in [0.4, 0.5) is 15.9 Å². The Kier molecular flexibility index (Phi) is 8.13. The van der Waals surface area contributed by atoms with Gasteiger partial charge in [-0.3, -0.25) is 19.5 Å². The number of amidine groups is 1. The largest absolute Gasteiger partial charge is 0.350 e. The van der Waals surface area contributed by atoms with Gasteiger partial charge in [-0.1, -0.05) is 24.3 Å². The Morgan fingerprint density at radius 1 is 1.14 bits per heavy atom. The topological polar surface area (TPSA) is 94.9 Å². The summed E-state index contributed by atoms with van der Waals surface area (Å²) < 4.78 is 15.1. The summed E-state index contributed by atoms with van der Waals surface area (Å²) in [5.74, 6) is 0.841. The minimum atomic E-state index is -0.390. The van der Waals surface area contributed by atoms with E-state index in [0.29, 0.717) is 61.0 Å². The number of carbonyl (C=O) groups is 2. The number of hydrogen-bond donors (Lipinski definition) is 0. The number of carbonyl (C=O) groups excluding carboxylic acids is 2. The van der Waals surface area contributed by atoms with Crippen molar-refractivity contribution in [3.63, 3.8) is 0 Å². The lowest BCUT2D eigenvalue weighted by molar-refractivity contribution is -0.128. The smallest absolute Gasteiger partial charge is 0.246 e. The molecule has 0 bridgehead atoms. The van der Waals surface area contributed by atoms with E-state index in [1.807, 2.05) is 6.92 Å². The predicted molar refractivity (Wildman–Crippen MR) is 165 cm³/mol. The van der Waals surface area contributed by atoms with Crippen molar-refractivity contribution < 1.29 is 14.0 Å². The predicted octanol–water partition coefficient (Wildman–Crippen LogP) is 5.70. The highest BCUT2D eigenvalue weighted by Crippen LogP contribution is 2.51. The molecule has 11 heteroatoms. The molecule has 4 aliphatic rings. The van der Waals surface area contributed by atoms with Gasteiger partial charge in [-0.05, 0) is 63.7 Å². The molecule has 1 saturated heterocycles. The Morgan fingerprint density at radius 2 is 1.81 bits per heavy atom. The van der Waals surface area contributed by atoms with Crippen LogP contribution in [0.15, 0.2) is 48.0 Å². The molecular formula is C32H35ClFN7O2. The second-order valence-electron chi connectivity index (χ2n) is 11.5. The first-order valence-electron chi connectivity index (χ1n) is 14.9. The standard InChI is InChI=1S/C32H35ClFN7O2/c1-4-26(43)39-13-14-40(19(2)16-39)31(35-3)23-15-24(33)29(22-7-5-6-8-25(22)34)38-32(23)41(18-42)30-27(20-9-10-20)36-17-37-28(30)21-11-12-21/h4,7-8,15,17-21H,1,5-6,9-14,16H2,2-3H3. The number of rotatable bonds is 8. The van der Waals surface area contributed by atoms with Gasteiger partial charge in [-0.2, -0.15) is 0 Å². The molecular weight excluding hydrogens is 569 g/mol. The summed E-state index contributed by atoms with van der Waals surface area (Å²) in [4.78, 5) is 49.8. The number of aromatic nitrogens is 3. The van der Waals surface area contributed by atoms with Crippen molar-refractivity contribution in [3.05, 3.63) is 70.7 Å². The van der Waals surface area contributed by atoms with Crippen LogP contribution >= 0.6 is 11.6 Å². The highest BCUT2D eigenvalue weighted by Gasteiger charge is 2.39. The lowest BCUT2D eigenvalue weighted by Gasteiger charge is -2.41. The Labute approximate surface area is 255 Å². The number of pyridine rings is 1. The number of allylic oxidation sites excluding steroid dienone is 4. The van der Waals surface area contributed by atoms with Gasteiger partial charge >= 0.3 is 0 Å². The summed E-state index contributed by atoms with van der Waals surface area (Å²) in [6, 6.07) is 1.63. The molecule has 224 valence electrons. The van der Waals surface area contributed by atoms with Gasteiger partial charge in [0.1, 0.15) is 18.0 Å². The fraction of sp³-hybridized carbons (Fsp3) is 0.438. The quantitative estimate of drug-likeness (QED) is 0.166. The fourth-order valence-corrected chi connectivity index (χ4v) is 6.30. The summed E-state index contributed by atoms with van der Waals surface area (Å²) in [6.07, 6.45) is 12.2. The summed E-state index contributed by atoms with van der Waals surface area (Å²) in [5, 5.41) is 0.254.